The van der Waals surface area contributed by atoms with Gasteiger partial charge in [0.2, 0.25) is 0 Å². The summed E-state index contributed by atoms with van der Waals surface area (Å²) in [6.45, 7) is 0. The first-order chi connectivity index (χ1) is 7.24. The van der Waals surface area contributed by atoms with E-state index in [1.165, 1.54) is 6.26 Å². The molecule has 0 fully saturated rings. The molecule has 0 aromatic heterocycles. The molecule has 4 heteroatoms. The van der Waals surface area contributed by atoms with Gasteiger partial charge in [0.1, 0.15) is 0 Å². The van der Waals surface area contributed by atoms with Crippen molar-refractivity contribution in [1.82, 2.24) is 0 Å². The van der Waals surface area contributed by atoms with Gasteiger partial charge in [-0.1, -0.05) is 30.3 Å². The predicted octanol–water partition coefficient (Wildman–Crippen LogP) is 1.52. The van der Waals surface area contributed by atoms with Crippen molar-refractivity contribution in [1.29, 1.82) is 5.26 Å². The Bertz CT molecular complexity index is 356. The van der Waals surface area contributed by atoms with Gasteiger partial charge in [0, 0.05) is 6.42 Å². The molecular weight excluding hydrogens is 194 g/mol. The molecule has 0 radical (unpaired) electrons. The maximum Gasteiger partial charge on any atom is 0.321 e. The zero-order valence-corrected chi connectivity index (χ0v) is 8.09. The first-order valence-electron chi connectivity index (χ1n) is 4.56. The number of hydrogen-bond donors (Lipinski definition) is 1. The van der Waals surface area contributed by atoms with E-state index in [4.69, 9.17) is 5.26 Å². The lowest BCUT2D eigenvalue weighted by Crippen LogP contribution is -2.04. The van der Waals surface area contributed by atoms with Gasteiger partial charge in [0.05, 0.1) is 6.10 Å². The van der Waals surface area contributed by atoms with E-state index in [9.17, 15) is 9.90 Å². The van der Waals surface area contributed by atoms with Gasteiger partial charge in [-0.3, -0.25) is 4.79 Å². The highest BCUT2D eigenvalue weighted by Crippen LogP contribution is 2.17. The fraction of sp³-hybridized carbons (Fsp3) is 0.273. The van der Waals surface area contributed by atoms with Gasteiger partial charge in [-0.05, 0) is 12.0 Å². The van der Waals surface area contributed by atoms with Crippen molar-refractivity contribution < 1.29 is 14.6 Å². The highest BCUT2D eigenvalue weighted by Gasteiger charge is 2.10. The number of benzene rings is 1. The van der Waals surface area contributed by atoms with Crippen molar-refractivity contribution in [2.24, 2.45) is 0 Å². The lowest BCUT2D eigenvalue weighted by atomic mass is 10.1. The Hall–Kier alpha value is -1.86. The summed E-state index contributed by atoms with van der Waals surface area (Å²) in [5, 5.41) is 17.7. The molecule has 0 saturated carbocycles. The molecule has 0 saturated heterocycles. The largest absolute Gasteiger partial charge is 0.388 e. The summed E-state index contributed by atoms with van der Waals surface area (Å²) in [6, 6.07) is 9.03. The van der Waals surface area contributed by atoms with Crippen molar-refractivity contribution in [2.45, 2.75) is 18.9 Å². The van der Waals surface area contributed by atoms with E-state index in [2.05, 4.69) is 4.74 Å². The molecule has 0 aliphatic rings. The van der Waals surface area contributed by atoms with Gasteiger partial charge in [-0.2, -0.15) is 0 Å². The number of nitrogens with zero attached hydrogens (tertiary/aromatic N) is 1. The fourth-order valence-corrected chi connectivity index (χ4v) is 1.20. The topological polar surface area (TPSA) is 70.3 Å². The molecule has 1 atom stereocenters. The number of carbonyl (C=O) groups excluding carboxylic acids is 1. The monoisotopic (exact) mass is 205 g/mol. The number of hydrogen-bond acceptors (Lipinski definition) is 4. The van der Waals surface area contributed by atoms with Crippen LogP contribution in [0.2, 0.25) is 0 Å². The van der Waals surface area contributed by atoms with Crippen LogP contribution in [0.3, 0.4) is 0 Å². The van der Waals surface area contributed by atoms with Crippen LogP contribution in [-0.4, -0.2) is 11.1 Å². The second kappa shape index (κ2) is 5.78. The molecule has 15 heavy (non-hydrogen) atoms. The normalized spacial score (nSPS) is 11.5. The number of carbonyl (C=O) groups is 1. The van der Waals surface area contributed by atoms with Crippen LogP contribution in [0.25, 0.3) is 0 Å². The Morgan fingerprint density at radius 2 is 2.13 bits per heavy atom. The molecule has 4 nitrogen and oxygen atoms in total. The second-order valence-corrected chi connectivity index (χ2v) is 3.03. The third-order valence-electron chi connectivity index (χ3n) is 1.97. The summed E-state index contributed by atoms with van der Waals surface area (Å²) in [5.74, 6) is -0.618. The maximum absolute atomic E-state index is 10.8. The van der Waals surface area contributed by atoms with E-state index in [0.717, 1.165) is 5.56 Å². The summed E-state index contributed by atoms with van der Waals surface area (Å²) >= 11 is 0. The van der Waals surface area contributed by atoms with E-state index in [1.807, 2.05) is 18.2 Å². The lowest BCUT2D eigenvalue weighted by molar-refractivity contribution is -0.137. The number of aliphatic hydroxyl groups is 1. The average Bonchev–Trinajstić information content (AvgIpc) is 2.27. The number of esters is 1. The fourth-order valence-electron chi connectivity index (χ4n) is 1.20. The Labute approximate surface area is 87.7 Å². The van der Waals surface area contributed by atoms with Crippen molar-refractivity contribution in [3.05, 3.63) is 35.9 Å². The van der Waals surface area contributed by atoms with Crippen LogP contribution in [-0.2, 0) is 9.53 Å². The smallest absolute Gasteiger partial charge is 0.321 e. The van der Waals surface area contributed by atoms with Crippen LogP contribution in [0.4, 0.5) is 0 Å². The van der Waals surface area contributed by atoms with E-state index in [1.54, 1.807) is 12.1 Å². The SMILES string of the molecule is N#COC(=O)CCC(O)c1ccccc1. The van der Waals surface area contributed by atoms with Crippen molar-refractivity contribution in [2.75, 3.05) is 0 Å². The molecule has 0 aliphatic heterocycles. The van der Waals surface area contributed by atoms with Crippen molar-refractivity contribution in [3.63, 3.8) is 0 Å². The lowest BCUT2D eigenvalue weighted by Gasteiger charge is -2.08. The van der Waals surface area contributed by atoms with Crippen molar-refractivity contribution >= 4 is 5.97 Å². The van der Waals surface area contributed by atoms with Crippen LogP contribution in [0.15, 0.2) is 30.3 Å². The molecule has 1 N–H and O–H groups in total. The molecule has 0 spiro atoms. The molecule has 1 aromatic rings. The Morgan fingerprint density at radius 1 is 1.47 bits per heavy atom. The van der Waals surface area contributed by atoms with Gasteiger partial charge < -0.3 is 9.84 Å². The molecule has 78 valence electrons. The van der Waals surface area contributed by atoms with Crippen LogP contribution in [0, 0.1) is 11.5 Å². The van der Waals surface area contributed by atoms with Gasteiger partial charge in [0.15, 0.2) is 0 Å². The van der Waals surface area contributed by atoms with Gasteiger partial charge in [-0.25, -0.2) is 0 Å². The quantitative estimate of drug-likeness (QED) is 0.597. The van der Waals surface area contributed by atoms with Crippen LogP contribution >= 0.6 is 0 Å². The van der Waals surface area contributed by atoms with E-state index < -0.39 is 12.1 Å². The highest BCUT2D eigenvalue weighted by atomic mass is 16.5. The maximum atomic E-state index is 10.8. The molecule has 0 bridgehead atoms. The zero-order valence-electron chi connectivity index (χ0n) is 8.09. The third-order valence-corrected chi connectivity index (χ3v) is 1.97. The molecule has 1 rings (SSSR count). The van der Waals surface area contributed by atoms with Gasteiger partial charge >= 0.3 is 5.97 Å². The standard InChI is InChI=1S/C11H11NO3/c12-8-15-11(14)7-6-10(13)9-4-2-1-3-5-9/h1-5,10,13H,6-7H2. The van der Waals surface area contributed by atoms with Crippen LogP contribution < -0.4 is 0 Å². The summed E-state index contributed by atoms with van der Waals surface area (Å²) in [6.07, 6.45) is 0.889. The first kappa shape index (κ1) is 11.2. The predicted molar refractivity (Wildman–Crippen MR) is 52.3 cm³/mol. The second-order valence-electron chi connectivity index (χ2n) is 3.03. The summed E-state index contributed by atoms with van der Waals surface area (Å²) in [5.41, 5.74) is 0.752. The number of aliphatic hydroxyl groups excluding tert-OH is 1. The summed E-state index contributed by atoms with van der Waals surface area (Å²) < 4.78 is 4.08. The van der Waals surface area contributed by atoms with E-state index in [0.29, 0.717) is 0 Å². The minimum atomic E-state index is -0.697. The Balaban J connectivity index is 2.41. The molecule has 0 aliphatic carbocycles. The Morgan fingerprint density at radius 3 is 2.73 bits per heavy atom. The average molecular weight is 205 g/mol. The summed E-state index contributed by atoms with van der Waals surface area (Å²) in [4.78, 5) is 10.8. The number of rotatable bonds is 4. The number of nitriles is 1. The zero-order chi connectivity index (χ0) is 11.1. The third kappa shape index (κ3) is 3.79. The first-order valence-corrected chi connectivity index (χ1v) is 4.56. The molecule has 1 unspecified atom stereocenters. The van der Waals surface area contributed by atoms with Gasteiger partial charge in [0.25, 0.3) is 6.26 Å². The highest BCUT2D eigenvalue weighted by molar-refractivity contribution is 5.70. The molecule has 0 amide bonds. The van der Waals surface area contributed by atoms with E-state index >= 15 is 0 Å². The van der Waals surface area contributed by atoms with Crippen LogP contribution in [0.5, 0.6) is 0 Å². The number of ether oxygens (including phenoxy) is 1. The van der Waals surface area contributed by atoms with Gasteiger partial charge in [-0.15, -0.1) is 5.26 Å². The summed E-state index contributed by atoms with van der Waals surface area (Å²) in [7, 11) is 0. The molecule has 0 heterocycles. The van der Waals surface area contributed by atoms with E-state index in [-0.39, 0.29) is 12.8 Å². The van der Waals surface area contributed by atoms with Crippen LogP contribution in [0.1, 0.15) is 24.5 Å². The Kier molecular flexibility index (Phi) is 4.32. The minimum Gasteiger partial charge on any atom is -0.388 e. The molecular formula is C11H11NO3. The van der Waals surface area contributed by atoms with Crippen molar-refractivity contribution in [3.8, 4) is 6.26 Å². The minimum absolute atomic E-state index is 0.0314. The molecule has 1 aromatic carbocycles.